The number of carbonyl (C=O) groups excluding carboxylic acids is 2. The van der Waals surface area contributed by atoms with Gasteiger partial charge in [0.1, 0.15) is 6.10 Å². The number of carbonyl (C=O) groups is 2. The summed E-state index contributed by atoms with van der Waals surface area (Å²) in [4.78, 5) is 24.8. The van der Waals surface area contributed by atoms with Crippen LogP contribution in [0.2, 0.25) is 0 Å². The van der Waals surface area contributed by atoms with Crippen molar-refractivity contribution in [3.63, 3.8) is 0 Å². The zero-order valence-corrected chi connectivity index (χ0v) is 18.9. The van der Waals surface area contributed by atoms with Crippen LogP contribution in [0.15, 0.2) is 0 Å². The summed E-state index contributed by atoms with van der Waals surface area (Å²) in [5.74, 6) is -0.202. The Morgan fingerprint density at radius 2 is 1.29 bits per heavy atom. The highest BCUT2D eigenvalue weighted by Gasteiger charge is 2.40. The number of ether oxygens (including phenoxy) is 2. The minimum Gasteiger partial charge on any atom is -0.465 e. The van der Waals surface area contributed by atoms with Crippen molar-refractivity contribution in [3.8, 4) is 0 Å². The molecule has 0 atom stereocenters. The molecule has 4 heteroatoms. The Labute approximate surface area is 173 Å². The van der Waals surface area contributed by atoms with E-state index in [-0.39, 0.29) is 6.10 Å². The lowest BCUT2D eigenvalue weighted by atomic mass is 9.88. The number of hydrogen-bond donors (Lipinski definition) is 0. The van der Waals surface area contributed by atoms with Crippen LogP contribution in [-0.4, -0.2) is 24.6 Å². The van der Waals surface area contributed by atoms with Gasteiger partial charge in [-0.25, -0.2) is 0 Å². The molecule has 0 aromatic rings. The van der Waals surface area contributed by atoms with Gasteiger partial charge in [0.2, 0.25) is 0 Å². The van der Waals surface area contributed by atoms with Gasteiger partial charge in [0.15, 0.2) is 5.41 Å². The van der Waals surface area contributed by atoms with Gasteiger partial charge in [-0.05, 0) is 51.9 Å². The van der Waals surface area contributed by atoms with Crippen LogP contribution in [0.4, 0.5) is 0 Å². The molecule has 0 unspecified atom stereocenters. The molecule has 1 aliphatic carbocycles. The fourth-order valence-electron chi connectivity index (χ4n) is 3.66. The Hall–Kier alpha value is -1.06. The Morgan fingerprint density at radius 1 is 0.786 bits per heavy atom. The summed E-state index contributed by atoms with van der Waals surface area (Å²) in [7, 11) is 0. The minimum atomic E-state index is -1.22. The zero-order valence-electron chi connectivity index (χ0n) is 18.9. The minimum absolute atomic E-state index is 0.0438. The summed E-state index contributed by atoms with van der Waals surface area (Å²) in [6.07, 6.45) is 16.3. The second-order valence-corrected chi connectivity index (χ2v) is 9.23. The molecule has 0 saturated heterocycles. The molecule has 0 N–H and O–H groups in total. The summed E-state index contributed by atoms with van der Waals surface area (Å²) >= 11 is 0. The van der Waals surface area contributed by atoms with Crippen molar-refractivity contribution in [2.75, 3.05) is 6.61 Å². The van der Waals surface area contributed by atoms with Gasteiger partial charge in [-0.15, -0.1) is 0 Å². The van der Waals surface area contributed by atoms with Crippen LogP contribution in [0.3, 0.4) is 0 Å². The van der Waals surface area contributed by atoms with E-state index in [0.717, 1.165) is 38.5 Å². The quantitative estimate of drug-likeness (QED) is 0.189. The lowest BCUT2D eigenvalue weighted by Gasteiger charge is -2.29. The topological polar surface area (TPSA) is 52.6 Å². The largest absolute Gasteiger partial charge is 0.465 e. The highest BCUT2D eigenvalue weighted by atomic mass is 16.6. The Morgan fingerprint density at radius 3 is 1.82 bits per heavy atom. The molecule has 0 aliphatic heterocycles. The first-order chi connectivity index (χ1) is 13.4. The molecule has 0 radical (unpaired) electrons. The van der Waals surface area contributed by atoms with E-state index in [1.54, 1.807) is 13.8 Å². The SMILES string of the molecule is CCCCCCCCCCCCOC(=O)C(C)(C)C(=O)OC1CCC(C)CC1. The number of unbranched alkanes of at least 4 members (excludes halogenated alkanes) is 9. The summed E-state index contributed by atoms with van der Waals surface area (Å²) < 4.78 is 11.0. The predicted molar refractivity (Wildman–Crippen MR) is 114 cm³/mol. The van der Waals surface area contributed by atoms with E-state index in [2.05, 4.69) is 13.8 Å². The zero-order chi connectivity index (χ0) is 20.8. The third kappa shape index (κ3) is 9.93. The molecule has 28 heavy (non-hydrogen) atoms. The molecule has 1 saturated carbocycles. The lowest BCUT2D eigenvalue weighted by molar-refractivity contribution is -0.174. The smallest absolute Gasteiger partial charge is 0.323 e. The first kappa shape index (κ1) is 25.0. The van der Waals surface area contributed by atoms with Crippen molar-refractivity contribution in [1.29, 1.82) is 0 Å². The lowest BCUT2D eigenvalue weighted by Crippen LogP contribution is -2.39. The van der Waals surface area contributed by atoms with Crippen molar-refractivity contribution in [2.45, 2.75) is 124 Å². The molecule has 0 aromatic carbocycles. The molecule has 0 amide bonds. The second-order valence-electron chi connectivity index (χ2n) is 9.23. The van der Waals surface area contributed by atoms with Crippen molar-refractivity contribution < 1.29 is 19.1 Å². The van der Waals surface area contributed by atoms with E-state index in [4.69, 9.17) is 9.47 Å². The van der Waals surface area contributed by atoms with E-state index >= 15 is 0 Å². The van der Waals surface area contributed by atoms with Crippen molar-refractivity contribution in [3.05, 3.63) is 0 Å². The van der Waals surface area contributed by atoms with E-state index in [0.29, 0.717) is 12.5 Å². The molecule has 164 valence electrons. The van der Waals surface area contributed by atoms with E-state index in [9.17, 15) is 9.59 Å². The van der Waals surface area contributed by atoms with Gasteiger partial charge < -0.3 is 9.47 Å². The fourth-order valence-corrected chi connectivity index (χ4v) is 3.66. The monoisotopic (exact) mass is 396 g/mol. The fraction of sp³-hybridized carbons (Fsp3) is 0.917. The predicted octanol–water partition coefficient (Wildman–Crippen LogP) is 6.60. The molecule has 1 rings (SSSR count). The maximum atomic E-state index is 12.4. The van der Waals surface area contributed by atoms with Crippen molar-refractivity contribution in [2.24, 2.45) is 11.3 Å². The van der Waals surface area contributed by atoms with Gasteiger partial charge in [-0.2, -0.15) is 0 Å². The maximum Gasteiger partial charge on any atom is 0.323 e. The molecule has 1 aliphatic rings. The van der Waals surface area contributed by atoms with E-state index in [1.165, 1.54) is 51.4 Å². The third-order valence-corrected chi connectivity index (χ3v) is 5.99. The average molecular weight is 397 g/mol. The van der Waals surface area contributed by atoms with Gasteiger partial charge in [-0.1, -0.05) is 71.6 Å². The standard InChI is InChI=1S/C24H44O4/c1-5-6-7-8-9-10-11-12-13-14-19-27-22(25)24(3,4)23(26)28-21-17-15-20(2)16-18-21/h20-21H,5-19H2,1-4H3. The summed E-state index contributed by atoms with van der Waals surface area (Å²) in [6, 6.07) is 0. The number of rotatable bonds is 14. The Balaban J connectivity index is 2.10. The molecule has 0 spiro atoms. The summed E-state index contributed by atoms with van der Waals surface area (Å²) in [5.41, 5.74) is -1.22. The normalized spacial score (nSPS) is 20.0. The molecule has 1 fully saturated rings. The van der Waals surface area contributed by atoms with Gasteiger partial charge in [-0.3, -0.25) is 9.59 Å². The maximum absolute atomic E-state index is 12.4. The van der Waals surface area contributed by atoms with Crippen LogP contribution in [0, 0.1) is 11.3 Å². The second kappa shape index (κ2) is 14.0. The number of hydrogen-bond acceptors (Lipinski definition) is 4. The van der Waals surface area contributed by atoms with E-state index in [1.807, 2.05) is 0 Å². The van der Waals surface area contributed by atoms with Crippen LogP contribution in [-0.2, 0) is 19.1 Å². The molecule has 0 bridgehead atoms. The third-order valence-electron chi connectivity index (χ3n) is 5.99. The highest BCUT2D eigenvalue weighted by Crippen LogP contribution is 2.28. The molecule has 0 heterocycles. The highest BCUT2D eigenvalue weighted by molar-refractivity contribution is 5.99. The van der Waals surface area contributed by atoms with Crippen molar-refractivity contribution >= 4 is 11.9 Å². The summed E-state index contributed by atoms with van der Waals surface area (Å²) in [6.45, 7) is 8.09. The molecule has 4 nitrogen and oxygen atoms in total. The molecular formula is C24H44O4. The molecular weight excluding hydrogens is 352 g/mol. The van der Waals surface area contributed by atoms with Crippen LogP contribution >= 0.6 is 0 Å². The van der Waals surface area contributed by atoms with Crippen LogP contribution in [0.5, 0.6) is 0 Å². The van der Waals surface area contributed by atoms with Gasteiger partial charge in [0.25, 0.3) is 0 Å². The van der Waals surface area contributed by atoms with Crippen LogP contribution in [0.1, 0.15) is 118 Å². The van der Waals surface area contributed by atoms with E-state index < -0.39 is 17.4 Å². The van der Waals surface area contributed by atoms with Gasteiger partial charge >= 0.3 is 11.9 Å². The van der Waals surface area contributed by atoms with Crippen LogP contribution < -0.4 is 0 Å². The first-order valence-corrected chi connectivity index (χ1v) is 11.8. The average Bonchev–Trinajstić information content (AvgIpc) is 2.67. The van der Waals surface area contributed by atoms with Gasteiger partial charge in [0.05, 0.1) is 6.61 Å². The Bertz CT molecular complexity index is 436. The number of esters is 2. The molecule has 0 aromatic heterocycles. The van der Waals surface area contributed by atoms with Crippen LogP contribution in [0.25, 0.3) is 0 Å². The summed E-state index contributed by atoms with van der Waals surface area (Å²) in [5, 5.41) is 0. The van der Waals surface area contributed by atoms with Gasteiger partial charge in [0, 0.05) is 0 Å². The van der Waals surface area contributed by atoms with Crippen molar-refractivity contribution in [1.82, 2.24) is 0 Å². The Kier molecular flexibility index (Phi) is 12.5. The first-order valence-electron chi connectivity index (χ1n) is 11.8.